The van der Waals surface area contributed by atoms with E-state index in [0.717, 1.165) is 23.1 Å². The number of amides is 1. The fourth-order valence-electron chi connectivity index (χ4n) is 2.37. The maximum absolute atomic E-state index is 12.1. The normalized spacial score (nSPS) is 10.8. The van der Waals surface area contributed by atoms with Gasteiger partial charge in [0.25, 0.3) is 5.91 Å². The van der Waals surface area contributed by atoms with Crippen molar-refractivity contribution in [1.82, 2.24) is 4.57 Å². The summed E-state index contributed by atoms with van der Waals surface area (Å²) in [6, 6.07) is 8.77. The second-order valence-corrected chi connectivity index (χ2v) is 7.23. The van der Waals surface area contributed by atoms with Crippen LogP contribution in [0.15, 0.2) is 45.8 Å². The van der Waals surface area contributed by atoms with Crippen LogP contribution in [-0.2, 0) is 11.3 Å². The van der Waals surface area contributed by atoms with Crippen molar-refractivity contribution in [2.24, 2.45) is 5.92 Å². The third-order valence-corrected chi connectivity index (χ3v) is 4.29. The van der Waals surface area contributed by atoms with Crippen LogP contribution in [0, 0.1) is 12.8 Å². The van der Waals surface area contributed by atoms with Gasteiger partial charge >= 0.3 is 0 Å². The Morgan fingerprint density at radius 3 is 2.76 bits per heavy atom. The molecule has 0 unspecified atom stereocenters. The van der Waals surface area contributed by atoms with Crippen LogP contribution in [-0.4, -0.2) is 17.1 Å². The van der Waals surface area contributed by atoms with Gasteiger partial charge in [-0.15, -0.1) is 0 Å². The lowest BCUT2D eigenvalue weighted by Crippen LogP contribution is -2.23. The molecule has 1 N–H and O–H groups in total. The number of halogens is 1. The number of pyridine rings is 1. The lowest BCUT2D eigenvalue weighted by molar-refractivity contribution is -0.118. The van der Waals surface area contributed by atoms with Gasteiger partial charge in [0.2, 0.25) is 5.43 Å². The molecule has 0 bridgehead atoms. The molecule has 1 heterocycles. The van der Waals surface area contributed by atoms with Gasteiger partial charge in [-0.2, -0.15) is 0 Å². The molecule has 0 spiro atoms. The van der Waals surface area contributed by atoms with Crippen molar-refractivity contribution in [3.8, 4) is 5.75 Å². The SMILES string of the molecule is Cc1c(OCC(=O)Nc2cccc(Br)c2)c(=O)ccn1CCC(C)C. The molecular formula is C19H23BrN2O3. The average Bonchev–Trinajstić information content (AvgIpc) is 2.53. The van der Waals surface area contributed by atoms with Crippen LogP contribution >= 0.6 is 15.9 Å². The Morgan fingerprint density at radius 2 is 2.08 bits per heavy atom. The fourth-order valence-corrected chi connectivity index (χ4v) is 2.77. The van der Waals surface area contributed by atoms with Gasteiger partial charge in [0.1, 0.15) is 0 Å². The zero-order valence-corrected chi connectivity index (χ0v) is 16.3. The van der Waals surface area contributed by atoms with E-state index in [1.54, 1.807) is 18.3 Å². The number of aromatic nitrogens is 1. The summed E-state index contributed by atoms with van der Waals surface area (Å²) in [7, 11) is 0. The van der Waals surface area contributed by atoms with Crippen molar-refractivity contribution >= 4 is 27.5 Å². The predicted molar refractivity (Wildman–Crippen MR) is 103 cm³/mol. The molecule has 0 atom stereocenters. The van der Waals surface area contributed by atoms with E-state index in [-0.39, 0.29) is 23.7 Å². The van der Waals surface area contributed by atoms with Gasteiger partial charge < -0.3 is 14.6 Å². The molecule has 25 heavy (non-hydrogen) atoms. The Kier molecular flexibility index (Phi) is 6.82. The van der Waals surface area contributed by atoms with Gasteiger partial charge in [0, 0.05) is 29.0 Å². The van der Waals surface area contributed by atoms with Gasteiger partial charge in [-0.3, -0.25) is 9.59 Å². The lowest BCUT2D eigenvalue weighted by Gasteiger charge is -2.15. The Morgan fingerprint density at radius 1 is 1.32 bits per heavy atom. The van der Waals surface area contributed by atoms with Gasteiger partial charge in [0.15, 0.2) is 12.4 Å². The van der Waals surface area contributed by atoms with Crippen molar-refractivity contribution in [3.63, 3.8) is 0 Å². The fraction of sp³-hybridized carbons (Fsp3) is 0.368. The molecule has 0 saturated heterocycles. The number of aryl methyl sites for hydroxylation is 1. The summed E-state index contributed by atoms with van der Waals surface area (Å²) in [4.78, 5) is 24.1. The van der Waals surface area contributed by atoms with E-state index in [1.807, 2.05) is 23.6 Å². The topological polar surface area (TPSA) is 60.3 Å². The van der Waals surface area contributed by atoms with E-state index >= 15 is 0 Å². The first-order chi connectivity index (χ1) is 11.9. The Labute approximate surface area is 156 Å². The predicted octanol–water partition coefficient (Wildman–Crippen LogP) is 3.98. The zero-order valence-electron chi connectivity index (χ0n) is 14.7. The molecule has 2 aromatic rings. The molecule has 2 rings (SSSR count). The highest BCUT2D eigenvalue weighted by Gasteiger charge is 2.11. The van der Waals surface area contributed by atoms with Crippen molar-refractivity contribution in [3.05, 3.63) is 56.9 Å². The van der Waals surface area contributed by atoms with Crippen LogP contribution in [0.5, 0.6) is 5.75 Å². The monoisotopic (exact) mass is 406 g/mol. The molecule has 0 aliphatic heterocycles. The van der Waals surface area contributed by atoms with Crippen LogP contribution in [0.3, 0.4) is 0 Å². The smallest absolute Gasteiger partial charge is 0.262 e. The number of nitrogens with zero attached hydrogens (tertiary/aromatic N) is 1. The average molecular weight is 407 g/mol. The minimum absolute atomic E-state index is 0.212. The Bertz CT molecular complexity index is 799. The van der Waals surface area contributed by atoms with E-state index in [2.05, 4.69) is 35.1 Å². The number of rotatable bonds is 7. The van der Waals surface area contributed by atoms with Crippen molar-refractivity contribution in [2.75, 3.05) is 11.9 Å². The van der Waals surface area contributed by atoms with E-state index in [0.29, 0.717) is 11.6 Å². The van der Waals surface area contributed by atoms with Crippen molar-refractivity contribution in [2.45, 2.75) is 33.7 Å². The largest absolute Gasteiger partial charge is 0.478 e. The third-order valence-electron chi connectivity index (χ3n) is 3.79. The van der Waals surface area contributed by atoms with Crippen LogP contribution in [0.25, 0.3) is 0 Å². The summed E-state index contributed by atoms with van der Waals surface area (Å²) in [5, 5.41) is 2.74. The molecule has 134 valence electrons. The molecular weight excluding hydrogens is 384 g/mol. The standard InChI is InChI=1S/C19H23BrN2O3/c1-13(2)7-9-22-10-8-17(23)19(14(22)3)25-12-18(24)21-16-6-4-5-15(20)11-16/h4-6,8,10-11,13H,7,9,12H2,1-3H3,(H,21,24). The van der Waals surface area contributed by atoms with Crippen LogP contribution < -0.4 is 15.5 Å². The molecule has 0 aliphatic carbocycles. The maximum Gasteiger partial charge on any atom is 0.262 e. The first-order valence-electron chi connectivity index (χ1n) is 8.25. The van der Waals surface area contributed by atoms with Gasteiger partial charge in [0.05, 0.1) is 5.69 Å². The van der Waals surface area contributed by atoms with Crippen LogP contribution in [0.1, 0.15) is 26.0 Å². The minimum Gasteiger partial charge on any atom is -0.478 e. The number of hydrogen-bond acceptors (Lipinski definition) is 3. The molecule has 1 aromatic heterocycles. The number of carbonyl (C=O) groups is 1. The highest BCUT2D eigenvalue weighted by molar-refractivity contribution is 9.10. The quantitative estimate of drug-likeness (QED) is 0.755. The second-order valence-electron chi connectivity index (χ2n) is 6.32. The van der Waals surface area contributed by atoms with Crippen molar-refractivity contribution < 1.29 is 9.53 Å². The number of anilines is 1. The highest BCUT2D eigenvalue weighted by atomic mass is 79.9. The molecule has 1 amide bonds. The molecule has 0 radical (unpaired) electrons. The zero-order chi connectivity index (χ0) is 18.4. The van der Waals surface area contributed by atoms with Gasteiger partial charge in [-0.1, -0.05) is 35.8 Å². The molecule has 0 fully saturated rings. The highest BCUT2D eigenvalue weighted by Crippen LogP contribution is 2.16. The number of carbonyl (C=O) groups excluding carboxylic acids is 1. The molecule has 5 nitrogen and oxygen atoms in total. The van der Waals surface area contributed by atoms with Gasteiger partial charge in [-0.25, -0.2) is 0 Å². The summed E-state index contributed by atoms with van der Waals surface area (Å²) in [5.41, 5.74) is 1.19. The molecule has 0 saturated carbocycles. The Hall–Kier alpha value is -2.08. The number of benzene rings is 1. The lowest BCUT2D eigenvalue weighted by atomic mass is 10.1. The Balaban J connectivity index is 2.03. The number of ether oxygens (including phenoxy) is 1. The first kappa shape index (κ1) is 19.2. The number of nitrogens with one attached hydrogen (secondary N) is 1. The van der Waals surface area contributed by atoms with E-state index in [9.17, 15) is 9.59 Å². The maximum atomic E-state index is 12.1. The summed E-state index contributed by atoms with van der Waals surface area (Å²) >= 11 is 3.35. The van der Waals surface area contributed by atoms with Crippen LogP contribution in [0.4, 0.5) is 5.69 Å². The van der Waals surface area contributed by atoms with E-state index in [1.165, 1.54) is 6.07 Å². The summed E-state index contributed by atoms with van der Waals surface area (Å²) in [5.74, 6) is 0.490. The van der Waals surface area contributed by atoms with Crippen molar-refractivity contribution in [1.29, 1.82) is 0 Å². The second kappa shape index (κ2) is 8.85. The minimum atomic E-state index is -0.311. The molecule has 0 aliphatic rings. The van der Waals surface area contributed by atoms with Crippen LogP contribution in [0.2, 0.25) is 0 Å². The first-order valence-corrected chi connectivity index (χ1v) is 9.04. The third kappa shape index (κ3) is 5.74. The van der Waals surface area contributed by atoms with E-state index in [4.69, 9.17) is 4.74 Å². The summed E-state index contributed by atoms with van der Waals surface area (Å²) in [6.45, 7) is 6.74. The van der Waals surface area contributed by atoms with E-state index < -0.39 is 0 Å². The number of hydrogen-bond donors (Lipinski definition) is 1. The molecule has 1 aromatic carbocycles. The summed E-state index contributed by atoms with van der Waals surface area (Å²) in [6.07, 6.45) is 2.78. The summed E-state index contributed by atoms with van der Waals surface area (Å²) < 4.78 is 8.38. The molecule has 6 heteroatoms. The van der Waals surface area contributed by atoms with Gasteiger partial charge in [-0.05, 0) is 37.5 Å².